The molecule has 27 heavy (non-hydrogen) atoms. The van der Waals surface area contributed by atoms with Crippen molar-refractivity contribution in [2.24, 2.45) is 0 Å². The zero-order chi connectivity index (χ0) is 19.0. The van der Waals surface area contributed by atoms with Gasteiger partial charge < -0.3 is 9.84 Å². The van der Waals surface area contributed by atoms with Crippen molar-refractivity contribution in [3.05, 3.63) is 77.2 Å². The lowest BCUT2D eigenvalue weighted by Crippen LogP contribution is -2.14. The van der Waals surface area contributed by atoms with Crippen LogP contribution in [0, 0.1) is 19.7 Å². The minimum atomic E-state index is -0.487. The summed E-state index contributed by atoms with van der Waals surface area (Å²) in [6.45, 7) is 3.52. The average molecular weight is 361 g/mol. The second-order valence-corrected chi connectivity index (χ2v) is 6.31. The Kier molecular flexibility index (Phi) is 4.16. The first-order valence-electron chi connectivity index (χ1n) is 8.43. The second-order valence-electron chi connectivity index (χ2n) is 6.31. The number of rotatable bonds is 3. The number of fused-ring (bicyclic) bond motifs is 1. The van der Waals surface area contributed by atoms with E-state index in [4.69, 9.17) is 4.52 Å². The smallest absolute Gasteiger partial charge is 0.259 e. The molecule has 0 aliphatic rings. The molecule has 0 fully saturated rings. The number of hydrogen-bond acceptors (Lipinski definition) is 4. The summed E-state index contributed by atoms with van der Waals surface area (Å²) < 4.78 is 19.4. The van der Waals surface area contributed by atoms with Crippen LogP contribution in [0.4, 0.5) is 10.1 Å². The van der Waals surface area contributed by atoms with Crippen LogP contribution >= 0.6 is 0 Å². The first-order valence-corrected chi connectivity index (χ1v) is 8.43. The van der Waals surface area contributed by atoms with Crippen LogP contribution in [0.1, 0.15) is 21.6 Å². The van der Waals surface area contributed by atoms with Crippen LogP contribution in [-0.4, -0.2) is 16.0 Å². The number of nitrogens with zero attached hydrogens (tertiary/aromatic N) is 2. The predicted molar refractivity (Wildman–Crippen MR) is 101 cm³/mol. The molecule has 0 atom stereocenters. The lowest BCUT2D eigenvalue weighted by atomic mass is 10.0. The van der Waals surface area contributed by atoms with Gasteiger partial charge in [-0.25, -0.2) is 9.37 Å². The Morgan fingerprint density at radius 1 is 1.07 bits per heavy atom. The van der Waals surface area contributed by atoms with E-state index >= 15 is 0 Å². The van der Waals surface area contributed by atoms with Crippen LogP contribution in [0.2, 0.25) is 0 Å². The van der Waals surface area contributed by atoms with Gasteiger partial charge in [0.15, 0.2) is 0 Å². The van der Waals surface area contributed by atoms with E-state index in [1.807, 2.05) is 30.3 Å². The fraction of sp³-hybridized carbons (Fsp3) is 0.0952. The lowest BCUT2D eigenvalue weighted by molar-refractivity contribution is 0.102. The summed E-state index contributed by atoms with van der Waals surface area (Å²) in [6, 6.07) is 15.8. The molecule has 4 aromatic rings. The van der Waals surface area contributed by atoms with Crippen LogP contribution < -0.4 is 5.32 Å². The highest BCUT2D eigenvalue weighted by Crippen LogP contribution is 2.28. The molecule has 5 nitrogen and oxygen atoms in total. The van der Waals surface area contributed by atoms with E-state index in [1.54, 1.807) is 32.0 Å². The molecule has 0 spiro atoms. The highest BCUT2D eigenvalue weighted by molar-refractivity contribution is 6.13. The molecule has 4 rings (SSSR count). The number of pyridine rings is 1. The number of carbonyl (C=O) groups is 1. The SMILES string of the molecule is Cc1ccc(NC(=O)c2cc(-c3ccccc3)nc3onc(C)c23)c(F)c1. The summed E-state index contributed by atoms with van der Waals surface area (Å²) in [5.41, 5.74) is 3.45. The Bertz CT molecular complexity index is 1150. The fourth-order valence-corrected chi connectivity index (χ4v) is 2.94. The molecule has 0 aliphatic carbocycles. The van der Waals surface area contributed by atoms with Gasteiger partial charge in [-0.05, 0) is 37.6 Å². The third-order valence-corrected chi connectivity index (χ3v) is 4.30. The number of carbonyl (C=O) groups excluding carboxylic acids is 1. The molecule has 2 heterocycles. The Morgan fingerprint density at radius 2 is 1.85 bits per heavy atom. The standard InChI is InChI=1S/C21H16FN3O2/c1-12-8-9-17(16(22)10-12)23-20(26)15-11-18(14-6-4-3-5-7-14)24-21-19(15)13(2)25-27-21/h3-11H,1-2H3,(H,23,26). The topological polar surface area (TPSA) is 68.0 Å². The molecule has 6 heteroatoms. The first-order chi connectivity index (χ1) is 13.0. The first kappa shape index (κ1) is 16.9. The van der Waals surface area contributed by atoms with Crippen LogP contribution in [-0.2, 0) is 0 Å². The highest BCUT2D eigenvalue weighted by Gasteiger charge is 2.20. The van der Waals surface area contributed by atoms with Crippen molar-refractivity contribution >= 4 is 22.7 Å². The zero-order valence-corrected chi connectivity index (χ0v) is 14.8. The minimum Gasteiger partial charge on any atom is -0.335 e. The number of benzene rings is 2. The molecule has 0 aliphatic heterocycles. The molecule has 0 saturated carbocycles. The molecule has 0 radical (unpaired) electrons. The van der Waals surface area contributed by atoms with E-state index in [-0.39, 0.29) is 11.4 Å². The third-order valence-electron chi connectivity index (χ3n) is 4.30. The fourth-order valence-electron chi connectivity index (χ4n) is 2.94. The van der Waals surface area contributed by atoms with Gasteiger partial charge in [-0.15, -0.1) is 0 Å². The minimum absolute atomic E-state index is 0.117. The summed E-state index contributed by atoms with van der Waals surface area (Å²) in [4.78, 5) is 17.4. The third kappa shape index (κ3) is 3.17. The van der Waals surface area contributed by atoms with Crippen molar-refractivity contribution in [3.8, 4) is 11.3 Å². The largest absolute Gasteiger partial charge is 0.335 e. The molecule has 2 aromatic heterocycles. The Hall–Kier alpha value is -3.54. The van der Waals surface area contributed by atoms with Gasteiger partial charge in [0.05, 0.1) is 28.0 Å². The zero-order valence-electron chi connectivity index (χ0n) is 14.8. The van der Waals surface area contributed by atoms with Gasteiger partial charge in [0.1, 0.15) is 5.82 Å². The van der Waals surface area contributed by atoms with Gasteiger partial charge in [0, 0.05) is 5.56 Å². The van der Waals surface area contributed by atoms with Crippen molar-refractivity contribution in [3.63, 3.8) is 0 Å². The monoisotopic (exact) mass is 361 g/mol. The van der Waals surface area contributed by atoms with E-state index in [1.165, 1.54) is 6.07 Å². The molecule has 134 valence electrons. The number of aromatic nitrogens is 2. The van der Waals surface area contributed by atoms with Gasteiger partial charge >= 0.3 is 0 Å². The quantitative estimate of drug-likeness (QED) is 0.564. The van der Waals surface area contributed by atoms with Gasteiger partial charge in [0.25, 0.3) is 11.6 Å². The Labute approximate surface area is 154 Å². The summed E-state index contributed by atoms with van der Waals surface area (Å²) in [6.07, 6.45) is 0. The summed E-state index contributed by atoms with van der Waals surface area (Å²) >= 11 is 0. The second kappa shape index (κ2) is 6.64. The molecule has 1 amide bonds. The molecule has 2 aromatic carbocycles. The van der Waals surface area contributed by atoms with Crippen molar-refractivity contribution in [2.45, 2.75) is 13.8 Å². The van der Waals surface area contributed by atoms with Crippen molar-refractivity contribution in [1.82, 2.24) is 10.1 Å². The Morgan fingerprint density at radius 3 is 2.59 bits per heavy atom. The number of aryl methyl sites for hydroxylation is 2. The summed E-state index contributed by atoms with van der Waals surface area (Å²) in [7, 11) is 0. The molecule has 0 bridgehead atoms. The van der Waals surface area contributed by atoms with Gasteiger partial charge in [-0.2, -0.15) is 0 Å². The lowest BCUT2D eigenvalue weighted by Gasteiger charge is -2.09. The number of nitrogens with one attached hydrogen (secondary N) is 1. The number of anilines is 1. The van der Waals surface area contributed by atoms with E-state index in [0.717, 1.165) is 11.1 Å². The number of amides is 1. The van der Waals surface area contributed by atoms with E-state index in [9.17, 15) is 9.18 Å². The van der Waals surface area contributed by atoms with Crippen LogP contribution in [0.5, 0.6) is 0 Å². The molecule has 1 N–H and O–H groups in total. The van der Waals surface area contributed by atoms with Crippen LogP contribution in [0.3, 0.4) is 0 Å². The maximum absolute atomic E-state index is 14.1. The maximum atomic E-state index is 14.1. The van der Waals surface area contributed by atoms with E-state index < -0.39 is 11.7 Å². The van der Waals surface area contributed by atoms with Gasteiger partial charge in [-0.3, -0.25) is 4.79 Å². The van der Waals surface area contributed by atoms with Gasteiger partial charge in [0.2, 0.25) is 0 Å². The van der Waals surface area contributed by atoms with Crippen molar-refractivity contribution in [2.75, 3.05) is 5.32 Å². The number of halogens is 1. The Balaban J connectivity index is 1.81. The molecule has 0 unspecified atom stereocenters. The van der Waals surface area contributed by atoms with Crippen LogP contribution in [0.25, 0.3) is 22.4 Å². The van der Waals surface area contributed by atoms with Crippen molar-refractivity contribution < 1.29 is 13.7 Å². The molecule has 0 saturated heterocycles. The summed E-state index contributed by atoms with van der Waals surface area (Å²) in [5, 5.41) is 7.06. The van der Waals surface area contributed by atoms with Crippen LogP contribution in [0.15, 0.2) is 59.1 Å². The number of hydrogen-bond donors (Lipinski definition) is 1. The van der Waals surface area contributed by atoms with Gasteiger partial charge in [-0.1, -0.05) is 41.6 Å². The van der Waals surface area contributed by atoms with Crippen molar-refractivity contribution in [1.29, 1.82) is 0 Å². The average Bonchev–Trinajstić information content (AvgIpc) is 3.05. The maximum Gasteiger partial charge on any atom is 0.259 e. The molecular weight excluding hydrogens is 345 g/mol. The van der Waals surface area contributed by atoms with E-state index in [2.05, 4.69) is 15.5 Å². The normalized spacial score (nSPS) is 10.9. The summed E-state index contributed by atoms with van der Waals surface area (Å²) in [5.74, 6) is -0.937. The predicted octanol–water partition coefficient (Wildman–Crippen LogP) is 4.90. The molecular formula is C21H16FN3O2. The van der Waals surface area contributed by atoms with E-state index in [0.29, 0.717) is 22.3 Å². The highest BCUT2D eigenvalue weighted by atomic mass is 19.1.